The summed E-state index contributed by atoms with van der Waals surface area (Å²) in [6.45, 7) is 0.0866. The third-order valence-corrected chi connectivity index (χ3v) is 5.40. The van der Waals surface area contributed by atoms with Gasteiger partial charge in [-0.15, -0.1) is 0 Å². The van der Waals surface area contributed by atoms with Crippen molar-refractivity contribution in [2.75, 3.05) is 37.0 Å². The molecule has 0 atom stereocenters. The summed E-state index contributed by atoms with van der Waals surface area (Å²) in [6, 6.07) is 10.1. The molecule has 2 aromatic carbocycles. The molecule has 7 nitrogen and oxygen atoms in total. The molecule has 2 aliphatic rings. The van der Waals surface area contributed by atoms with Crippen LogP contribution >= 0.6 is 34.8 Å². The number of carbonyl (C=O) groups is 3. The zero-order valence-corrected chi connectivity index (χ0v) is 18.3. The van der Waals surface area contributed by atoms with Gasteiger partial charge >= 0.3 is 0 Å². The van der Waals surface area contributed by atoms with Crippen molar-refractivity contribution in [1.29, 1.82) is 0 Å². The van der Waals surface area contributed by atoms with E-state index >= 15 is 0 Å². The molecule has 0 saturated carbocycles. The summed E-state index contributed by atoms with van der Waals surface area (Å²) < 4.78 is 0. The number of benzodiazepines with no additional fused rings is 1. The molecule has 0 aliphatic carbocycles. The lowest BCUT2D eigenvalue weighted by Gasteiger charge is -2.16. The summed E-state index contributed by atoms with van der Waals surface area (Å²) in [5, 5.41) is 3.90. The van der Waals surface area contributed by atoms with Crippen molar-refractivity contribution in [1.82, 2.24) is 5.32 Å². The Bertz CT molecular complexity index is 1070. The van der Waals surface area contributed by atoms with Crippen molar-refractivity contribution in [3.8, 4) is 0 Å². The van der Waals surface area contributed by atoms with Crippen LogP contribution in [0.1, 0.15) is 15.9 Å². The molecule has 0 bridgehead atoms. The van der Waals surface area contributed by atoms with E-state index in [9.17, 15) is 14.4 Å². The summed E-state index contributed by atoms with van der Waals surface area (Å²) in [5.74, 6) is -0.510. The molecule has 156 valence electrons. The molecule has 2 aromatic rings. The fourth-order valence-electron chi connectivity index (χ4n) is 2.92. The van der Waals surface area contributed by atoms with Crippen molar-refractivity contribution in [2.45, 2.75) is 0 Å². The van der Waals surface area contributed by atoms with Crippen LogP contribution in [0.4, 0.5) is 11.4 Å². The standard InChI is InChI=1S/C10H8Cl2N2O.C10H9ClN2O2/c1-14-8-3-2-6(11)4-7(8)10(12)13-5-9(14)15;1-13-8-3-2-6(11)4-7(8)10(15)12-5-9(13)14/h2-4H,5H2,1H3;2-4H,5H2,1H3,(H,12,15). The van der Waals surface area contributed by atoms with E-state index in [4.69, 9.17) is 34.8 Å². The number of nitrogens with one attached hydrogen (secondary N) is 1. The van der Waals surface area contributed by atoms with E-state index in [1.54, 1.807) is 50.5 Å². The molecule has 30 heavy (non-hydrogen) atoms. The molecule has 0 spiro atoms. The number of likely N-dealkylation sites (N-methyl/N-ethyl adjacent to an activating group) is 2. The largest absolute Gasteiger partial charge is 0.343 e. The molecule has 0 fully saturated rings. The molecule has 10 heteroatoms. The number of hydrogen-bond donors (Lipinski definition) is 1. The number of rotatable bonds is 0. The highest BCUT2D eigenvalue weighted by atomic mass is 35.5. The number of amides is 3. The van der Waals surface area contributed by atoms with E-state index < -0.39 is 0 Å². The fraction of sp³-hybridized carbons (Fsp3) is 0.200. The molecule has 2 aliphatic heterocycles. The van der Waals surface area contributed by atoms with Crippen molar-refractivity contribution >= 4 is 69.1 Å². The van der Waals surface area contributed by atoms with Crippen molar-refractivity contribution in [3.05, 3.63) is 57.6 Å². The fourth-order valence-corrected chi connectivity index (χ4v) is 3.47. The van der Waals surface area contributed by atoms with E-state index in [1.165, 1.54) is 9.80 Å². The van der Waals surface area contributed by atoms with Crippen LogP contribution in [0.3, 0.4) is 0 Å². The van der Waals surface area contributed by atoms with Gasteiger partial charge in [0.05, 0.1) is 23.5 Å². The maximum Gasteiger partial charge on any atom is 0.253 e. The van der Waals surface area contributed by atoms with Gasteiger partial charge in [-0.05, 0) is 36.4 Å². The van der Waals surface area contributed by atoms with Crippen LogP contribution in [-0.4, -0.2) is 50.1 Å². The van der Waals surface area contributed by atoms with E-state index in [-0.39, 0.29) is 30.8 Å². The number of fused-ring (bicyclic) bond motifs is 2. The highest BCUT2D eigenvalue weighted by molar-refractivity contribution is 6.70. The zero-order chi connectivity index (χ0) is 22.0. The first-order chi connectivity index (χ1) is 14.2. The molecule has 1 N–H and O–H groups in total. The van der Waals surface area contributed by atoms with Gasteiger partial charge in [-0.2, -0.15) is 0 Å². The molecule has 0 aromatic heterocycles. The van der Waals surface area contributed by atoms with Crippen LogP contribution < -0.4 is 15.1 Å². The normalized spacial score (nSPS) is 15.8. The van der Waals surface area contributed by atoms with Crippen LogP contribution in [0, 0.1) is 0 Å². The lowest BCUT2D eigenvalue weighted by atomic mass is 10.1. The zero-order valence-electron chi connectivity index (χ0n) is 16.1. The van der Waals surface area contributed by atoms with E-state index in [1.807, 2.05) is 0 Å². The first kappa shape index (κ1) is 22.1. The van der Waals surface area contributed by atoms with Crippen molar-refractivity contribution in [2.24, 2.45) is 4.99 Å². The topological polar surface area (TPSA) is 82.1 Å². The van der Waals surface area contributed by atoms with Crippen molar-refractivity contribution < 1.29 is 14.4 Å². The third kappa shape index (κ3) is 4.59. The summed E-state index contributed by atoms with van der Waals surface area (Å²) in [5.41, 5.74) is 2.43. The molecule has 3 amide bonds. The van der Waals surface area contributed by atoms with E-state index in [2.05, 4.69) is 10.3 Å². The predicted molar refractivity (Wildman–Crippen MR) is 119 cm³/mol. The minimum Gasteiger partial charge on any atom is -0.343 e. The molecule has 0 unspecified atom stereocenters. The Morgan fingerprint density at radius 1 is 0.833 bits per heavy atom. The second-order valence-corrected chi connectivity index (χ2v) is 7.75. The highest BCUT2D eigenvalue weighted by Crippen LogP contribution is 2.27. The second kappa shape index (κ2) is 9.04. The molecule has 0 saturated heterocycles. The van der Waals surface area contributed by atoms with Gasteiger partial charge < -0.3 is 15.1 Å². The van der Waals surface area contributed by atoms with Gasteiger partial charge in [0.25, 0.3) is 5.91 Å². The number of hydrogen-bond acceptors (Lipinski definition) is 4. The molecular formula is C20H17Cl3N4O3. The first-order valence-electron chi connectivity index (χ1n) is 8.79. The smallest absolute Gasteiger partial charge is 0.253 e. The van der Waals surface area contributed by atoms with Gasteiger partial charge in [0.2, 0.25) is 11.8 Å². The number of benzene rings is 2. The number of carbonyl (C=O) groups excluding carboxylic acids is 3. The highest BCUT2D eigenvalue weighted by Gasteiger charge is 2.23. The predicted octanol–water partition coefficient (Wildman–Crippen LogP) is 3.35. The van der Waals surface area contributed by atoms with E-state index in [0.29, 0.717) is 32.0 Å². The molecule has 2 heterocycles. The Hall–Kier alpha value is -2.61. The lowest BCUT2D eigenvalue weighted by Crippen LogP contribution is -2.33. The first-order valence-corrected chi connectivity index (χ1v) is 9.93. The molecule has 4 rings (SSSR count). The Labute approximate surface area is 188 Å². The Kier molecular flexibility index (Phi) is 6.65. The van der Waals surface area contributed by atoms with Crippen LogP contribution in [0.2, 0.25) is 10.0 Å². The molecule has 0 radical (unpaired) electrons. The Morgan fingerprint density at radius 2 is 1.37 bits per heavy atom. The van der Waals surface area contributed by atoms with Crippen LogP contribution in [-0.2, 0) is 9.59 Å². The minimum atomic E-state index is -0.273. The number of nitrogens with zero attached hydrogens (tertiary/aromatic N) is 3. The summed E-state index contributed by atoms with van der Waals surface area (Å²) in [7, 11) is 3.33. The van der Waals surface area contributed by atoms with Gasteiger partial charge in [-0.3, -0.25) is 19.4 Å². The quantitative estimate of drug-likeness (QED) is 0.645. The maximum absolute atomic E-state index is 11.6. The van der Waals surface area contributed by atoms with Crippen LogP contribution in [0.25, 0.3) is 0 Å². The number of anilines is 2. The Balaban J connectivity index is 0.000000171. The van der Waals surface area contributed by atoms with Crippen LogP contribution in [0.15, 0.2) is 41.4 Å². The monoisotopic (exact) mass is 466 g/mol. The van der Waals surface area contributed by atoms with Gasteiger partial charge in [0.15, 0.2) is 0 Å². The van der Waals surface area contributed by atoms with Crippen molar-refractivity contribution in [3.63, 3.8) is 0 Å². The van der Waals surface area contributed by atoms with Gasteiger partial charge in [-0.25, -0.2) is 0 Å². The SMILES string of the molecule is CN1C(=O)CN=C(Cl)c2cc(Cl)ccc21.CN1C(=O)CNC(=O)c2cc(Cl)ccc21. The Morgan fingerprint density at radius 3 is 2.00 bits per heavy atom. The number of halogens is 3. The summed E-state index contributed by atoms with van der Waals surface area (Å²) in [4.78, 5) is 41.6. The average molecular weight is 468 g/mol. The average Bonchev–Trinajstić information content (AvgIpc) is 2.90. The van der Waals surface area contributed by atoms with Gasteiger partial charge in [0, 0.05) is 29.7 Å². The van der Waals surface area contributed by atoms with Gasteiger partial charge in [0.1, 0.15) is 11.7 Å². The van der Waals surface area contributed by atoms with E-state index in [0.717, 1.165) is 5.69 Å². The van der Waals surface area contributed by atoms with Crippen LogP contribution in [0.5, 0.6) is 0 Å². The lowest BCUT2D eigenvalue weighted by molar-refractivity contribution is -0.117. The summed E-state index contributed by atoms with van der Waals surface area (Å²) >= 11 is 17.6. The van der Waals surface area contributed by atoms with Gasteiger partial charge in [-0.1, -0.05) is 34.8 Å². The maximum atomic E-state index is 11.6. The summed E-state index contributed by atoms with van der Waals surface area (Å²) in [6.07, 6.45) is 0. The third-order valence-electron chi connectivity index (χ3n) is 4.61. The molecular weight excluding hydrogens is 451 g/mol. The minimum absolute atomic E-state index is 0.0155. The number of aliphatic imine (C=N–C) groups is 1. The second-order valence-electron chi connectivity index (χ2n) is 6.52.